The molecule has 0 aromatic heterocycles. The predicted molar refractivity (Wildman–Crippen MR) is 77.4 cm³/mol. The third-order valence-electron chi connectivity index (χ3n) is 3.88. The van der Waals surface area contributed by atoms with Gasteiger partial charge in [-0.3, -0.25) is 4.79 Å². The zero-order valence-corrected chi connectivity index (χ0v) is 12.6. The van der Waals surface area contributed by atoms with E-state index < -0.39 is 5.97 Å². The molecule has 0 saturated carbocycles. The van der Waals surface area contributed by atoms with Gasteiger partial charge in [-0.15, -0.1) is 5.06 Å². The number of para-hydroxylation sites is 1. The second kappa shape index (κ2) is 5.09. The molecule has 110 valence electrons. The van der Waals surface area contributed by atoms with Gasteiger partial charge in [0.05, 0.1) is 17.0 Å². The number of hydroxylamine groups is 2. The van der Waals surface area contributed by atoms with Crippen molar-refractivity contribution in [1.82, 2.24) is 5.06 Å². The number of hydrogen-bond donors (Lipinski definition) is 1. The van der Waals surface area contributed by atoms with Crippen LogP contribution in [0.5, 0.6) is 5.75 Å². The van der Waals surface area contributed by atoms with E-state index in [0.717, 1.165) is 5.75 Å². The van der Waals surface area contributed by atoms with Crippen molar-refractivity contribution >= 4 is 5.97 Å². The van der Waals surface area contributed by atoms with E-state index >= 15 is 0 Å². The lowest BCUT2D eigenvalue weighted by atomic mass is 9.75. The molecule has 4 heteroatoms. The molecule has 0 spiro atoms. The zero-order chi connectivity index (χ0) is 15.0. The first kappa shape index (κ1) is 14.9. The summed E-state index contributed by atoms with van der Waals surface area (Å²) >= 11 is 0. The highest BCUT2D eigenvalue weighted by Crippen LogP contribution is 2.41. The number of nitrogens with zero attached hydrogens (tertiary/aromatic N) is 1. The number of carboxylic acids is 1. The summed E-state index contributed by atoms with van der Waals surface area (Å²) in [6, 6.07) is 9.63. The molecule has 1 aromatic carbocycles. The first-order chi connectivity index (χ1) is 9.22. The number of piperidine rings is 1. The highest BCUT2D eigenvalue weighted by atomic mass is 16.7. The first-order valence-electron chi connectivity index (χ1n) is 6.98. The van der Waals surface area contributed by atoms with Crippen LogP contribution >= 0.6 is 0 Å². The van der Waals surface area contributed by atoms with Gasteiger partial charge in [-0.1, -0.05) is 18.2 Å². The normalized spacial score (nSPS) is 22.4. The molecular formula is C16H23NO3. The summed E-state index contributed by atoms with van der Waals surface area (Å²) in [4.78, 5) is 17.4. The van der Waals surface area contributed by atoms with Crippen LogP contribution in [0.2, 0.25) is 0 Å². The van der Waals surface area contributed by atoms with Gasteiger partial charge in [0.25, 0.3) is 0 Å². The lowest BCUT2D eigenvalue weighted by molar-refractivity contribution is -0.228. The van der Waals surface area contributed by atoms with Crippen molar-refractivity contribution in [2.75, 3.05) is 0 Å². The molecule has 0 bridgehead atoms. The molecule has 1 aromatic rings. The van der Waals surface area contributed by atoms with E-state index in [-0.39, 0.29) is 17.0 Å². The van der Waals surface area contributed by atoms with Crippen LogP contribution in [-0.4, -0.2) is 27.2 Å². The molecule has 0 unspecified atom stereocenters. The number of aliphatic carboxylic acids is 1. The fourth-order valence-corrected chi connectivity index (χ4v) is 3.27. The summed E-state index contributed by atoms with van der Waals surface area (Å²) in [6.07, 6.45) is 1.16. The SMILES string of the molecule is CC1(C)CC(C(=O)O)CC(C)(C)N1Oc1ccccc1. The van der Waals surface area contributed by atoms with Crippen molar-refractivity contribution in [1.29, 1.82) is 0 Å². The monoisotopic (exact) mass is 277 g/mol. The van der Waals surface area contributed by atoms with Gasteiger partial charge in [-0.25, -0.2) is 0 Å². The van der Waals surface area contributed by atoms with E-state index in [1.54, 1.807) is 0 Å². The molecule has 4 nitrogen and oxygen atoms in total. The Morgan fingerprint density at radius 1 is 1.15 bits per heavy atom. The summed E-state index contributed by atoms with van der Waals surface area (Å²) in [5, 5.41) is 11.3. The van der Waals surface area contributed by atoms with Gasteiger partial charge >= 0.3 is 5.97 Å². The molecular weight excluding hydrogens is 254 g/mol. The van der Waals surface area contributed by atoms with Crippen LogP contribution in [0.15, 0.2) is 30.3 Å². The third-order valence-corrected chi connectivity index (χ3v) is 3.88. The Labute approximate surface area is 120 Å². The number of hydrogen-bond acceptors (Lipinski definition) is 3. The lowest BCUT2D eigenvalue weighted by Gasteiger charge is -2.52. The third kappa shape index (κ3) is 2.96. The second-order valence-electron chi connectivity index (χ2n) is 6.77. The fraction of sp³-hybridized carbons (Fsp3) is 0.562. The molecule has 1 heterocycles. The van der Waals surface area contributed by atoms with E-state index in [4.69, 9.17) is 4.84 Å². The van der Waals surface area contributed by atoms with E-state index in [0.29, 0.717) is 12.8 Å². The maximum atomic E-state index is 11.3. The van der Waals surface area contributed by atoms with Crippen molar-refractivity contribution in [3.8, 4) is 5.75 Å². The molecule has 0 atom stereocenters. The highest BCUT2D eigenvalue weighted by molar-refractivity contribution is 5.70. The van der Waals surface area contributed by atoms with Crippen LogP contribution in [0.4, 0.5) is 0 Å². The number of carbonyl (C=O) groups is 1. The summed E-state index contributed by atoms with van der Waals surface area (Å²) in [5.74, 6) is -0.261. The Kier molecular flexibility index (Phi) is 3.78. The van der Waals surface area contributed by atoms with Gasteiger partial charge < -0.3 is 9.94 Å². The van der Waals surface area contributed by atoms with Gasteiger partial charge in [0.15, 0.2) is 0 Å². The molecule has 1 fully saturated rings. The largest absolute Gasteiger partial charge is 0.481 e. The highest BCUT2D eigenvalue weighted by Gasteiger charge is 2.49. The molecule has 1 saturated heterocycles. The fourth-order valence-electron chi connectivity index (χ4n) is 3.27. The summed E-state index contributed by atoms with van der Waals surface area (Å²) in [5.41, 5.74) is -0.665. The topological polar surface area (TPSA) is 49.8 Å². The molecule has 0 aliphatic carbocycles. The standard InChI is InChI=1S/C16H23NO3/c1-15(2)10-12(14(18)19)11-16(3,4)17(15)20-13-8-6-5-7-9-13/h5-9,12H,10-11H2,1-4H3,(H,18,19). The minimum absolute atomic E-state index is 0.323. The van der Waals surface area contributed by atoms with Gasteiger partial charge in [-0.05, 0) is 52.7 Å². The molecule has 0 amide bonds. The van der Waals surface area contributed by atoms with Crippen molar-refractivity contribution in [2.24, 2.45) is 5.92 Å². The lowest BCUT2D eigenvalue weighted by Crippen LogP contribution is -2.62. The minimum Gasteiger partial charge on any atom is -0.481 e. The molecule has 20 heavy (non-hydrogen) atoms. The van der Waals surface area contributed by atoms with Crippen LogP contribution < -0.4 is 4.84 Å². The van der Waals surface area contributed by atoms with Crippen LogP contribution in [0, 0.1) is 5.92 Å². The van der Waals surface area contributed by atoms with E-state index in [1.165, 1.54) is 0 Å². The Balaban J connectivity index is 2.25. The van der Waals surface area contributed by atoms with Crippen LogP contribution in [0.1, 0.15) is 40.5 Å². The number of benzene rings is 1. The quantitative estimate of drug-likeness (QED) is 0.920. The molecule has 2 rings (SSSR count). The Bertz CT molecular complexity index is 464. The summed E-state index contributed by atoms with van der Waals surface area (Å²) < 4.78 is 0. The molecule has 0 radical (unpaired) electrons. The Morgan fingerprint density at radius 3 is 2.10 bits per heavy atom. The number of rotatable bonds is 3. The maximum absolute atomic E-state index is 11.3. The number of carboxylic acid groups (broad SMARTS) is 1. The van der Waals surface area contributed by atoms with Crippen LogP contribution in [0.3, 0.4) is 0 Å². The van der Waals surface area contributed by atoms with E-state index in [2.05, 4.69) is 0 Å². The molecule has 1 aliphatic rings. The smallest absolute Gasteiger partial charge is 0.306 e. The molecule has 1 aliphatic heterocycles. The van der Waals surface area contributed by atoms with E-state index in [9.17, 15) is 9.90 Å². The average Bonchev–Trinajstić information content (AvgIpc) is 2.34. The van der Waals surface area contributed by atoms with Gasteiger partial charge in [0, 0.05) is 0 Å². The zero-order valence-electron chi connectivity index (χ0n) is 12.6. The molecule has 1 N–H and O–H groups in total. The Hall–Kier alpha value is -1.55. The van der Waals surface area contributed by atoms with Crippen LogP contribution in [0.25, 0.3) is 0 Å². The Morgan fingerprint density at radius 2 is 1.65 bits per heavy atom. The minimum atomic E-state index is -0.717. The first-order valence-corrected chi connectivity index (χ1v) is 6.98. The summed E-state index contributed by atoms with van der Waals surface area (Å²) in [6.45, 7) is 8.14. The summed E-state index contributed by atoms with van der Waals surface area (Å²) in [7, 11) is 0. The predicted octanol–water partition coefficient (Wildman–Crippen LogP) is 3.33. The van der Waals surface area contributed by atoms with E-state index in [1.807, 2.05) is 63.1 Å². The van der Waals surface area contributed by atoms with Crippen molar-refractivity contribution in [3.05, 3.63) is 30.3 Å². The van der Waals surface area contributed by atoms with Crippen molar-refractivity contribution in [3.63, 3.8) is 0 Å². The van der Waals surface area contributed by atoms with Crippen LogP contribution in [-0.2, 0) is 4.79 Å². The van der Waals surface area contributed by atoms with Crippen molar-refractivity contribution < 1.29 is 14.7 Å². The van der Waals surface area contributed by atoms with Gasteiger partial charge in [0.2, 0.25) is 0 Å². The van der Waals surface area contributed by atoms with Gasteiger partial charge in [0.1, 0.15) is 5.75 Å². The maximum Gasteiger partial charge on any atom is 0.306 e. The second-order valence-corrected chi connectivity index (χ2v) is 6.77. The van der Waals surface area contributed by atoms with Crippen molar-refractivity contribution in [2.45, 2.75) is 51.6 Å². The van der Waals surface area contributed by atoms with Gasteiger partial charge in [-0.2, -0.15) is 0 Å². The average molecular weight is 277 g/mol.